The molecule has 0 spiro atoms. The first-order chi connectivity index (χ1) is 9.74. The minimum Gasteiger partial charge on any atom is -0.347 e. The van der Waals surface area contributed by atoms with Gasteiger partial charge in [0.15, 0.2) is 0 Å². The van der Waals surface area contributed by atoms with Crippen molar-refractivity contribution in [3.05, 3.63) is 16.6 Å². The Balaban J connectivity index is 1.51. The van der Waals surface area contributed by atoms with Gasteiger partial charge in [-0.05, 0) is 25.2 Å². The van der Waals surface area contributed by atoms with Crippen LogP contribution in [0.25, 0.3) is 0 Å². The Morgan fingerprint density at radius 1 is 1.55 bits per heavy atom. The Morgan fingerprint density at radius 3 is 3.00 bits per heavy atom. The summed E-state index contributed by atoms with van der Waals surface area (Å²) < 4.78 is 0. The molecular weight excluding hydrogens is 274 g/mol. The average molecular weight is 293 g/mol. The Morgan fingerprint density at radius 2 is 2.40 bits per heavy atom. The third-order valence-corrected chi connectivity index (χ3v) is 4.77. The van der Waals surface area contributed by atoms with Crippen molar-refractivity contribution in [2.24, 2.45) is 5.92 Å². The summed E-state index contributed by atoms with van der Waals surface area (Å²) in [5.74, 6) is 0.742. The van der Waals surface area contributed by atoms with Gasteiger partial charge in [-0.1, -0.05) is 0 Å². The van der Waals surface area contributed by atoms with Crippen LogP contribution in [0.4, 0.5) is 0 Å². The lowest BCUT2D eigenvalue weighted by Gasteiger charge is -2.18. The molecule has 1 N–H and O–H groups in total. The fraction of sp³-hybridized carbons (Fsp3) is 0.643. The molecule has 1 aliphatic heterocycles. The van der Waals surface area contributed by atoms with Gasteiger partial charge in [-0.15, -0.1) is 11.3 Å². The van der Waals surface area contributed by atoms with Crippen LogP contribution < -0.4 is 5.32 Å². The van der Waals surface area contributed by atoms with E-state index in [2.05, 4.69) is 10.3 Å². The van der Waals surface area contributed by atoms with Crippen LogP contribution in [0.2, 0.25) is 0 Å². The summed E-state index contributed by atoms with van der Waals surface area (Å²) in [5.41, 5.74) is 0. The molecule has 108 valence electrons. The highest BCUT2D eigenvalue weighted by molar-refractivity contribution is 7.09. The van der Waals surface area contributed by atoms with Crippen molar-refractivity contribution in [3.8, 4) is 0 Å². The lowest BCUT2D eigenvalue weighted by molar-refractivity contribution is -0.128. The van der Waals surface area contributed by atoms with Gasteiger partial charge in [0.2, 0.25) is 11.8 Å². The van der Waals surface area contributed by atoms with E-state index in [-0.39, 0.29) is 17.9 Å². The summed E-state index contributed by atoms with van der Waals surface area (Å²) in [6.45, 7) is 1.34. The van der Waals surface area contributed by atoms with E-state index in [1.54, 1.807) is 22.4 Å². The highest BCUT2D eigenvalue weighted by Gasteiger charge is 2.35. The van der Waals surface area contributed by atoms with Crippen LogP contribution in [0.3, 0.4) is 0 Å². The number of thiazole rings is 1. The normalized spacial score (nSPS) is 20.2. The van der Waals surface area contributed by atoms with Crippen molar-refractivity contribution in [1.82, 2.24) is 15.2 Å². The van der Waals surface area contributed by atoms with Crippen LogP contribution in [-0.4, -0.2) is 34.8 Å². The minimum absolute atomic E-state index is 0.0248. The fourth-order valence-electron chi connectivity index (χ4n) is 2.62. The van der Waals surface area contributed by atoms with Gasteiger partial charge in [-0.3, -0.25) is 9.59 Å². The third-order valence-electron chi connectivity index (χ3n) is 3.91. The summed E-state index contributed by atoms with van der Waals surface area (Å²) in [4.78, 5) is 29.7. The molecule has 20 heavy (non-hydrogen) atoms. The molecule has 1 saturated carbocycles. The van der Waals surface area contributed by atoms with Gasteiger partial charge in [-0.25, -0.2) is 4.98 Å². The van der Waals surface area contributed by atoms with E-state index >= 15 is 0 Å². The third kappa shape index (κ3) is 3.17. The van der Waals surface area contributed by atoms with E-state index in [1.807, 2.05) is 5.38 Å². The first-order valence-corrected chi connectivity index (χ1v) is 8.08. The van der Waals surface area contributed by atoms with Crippen molar-refractivity contribution >= 4 is 23.2 Å². The van der Waals surface area contributed by atoms with E-state index in [1.165, 1.54) is 0 Å². The number of carbonyl (C=O) groups excluding carboxylic acids is 2. The molecular formula is C14H19N3O2S. The zero-order valence-electron chi connectivity index (χ0n) is 11.4. The number of amides is 2. The van der Waals surface area contributed by atoms with Crippen molar-refractivity contribution in [3.63, 3.8) is 0 Å². The molecule has 0 aromatic carbocycles. The average Bonchev–Trinajstić information content (AvgIpc) is 2.96. The minimum atomic E-state index is 0.0248. The molecule has 2 heterocycles. The van der Waals surface area contributed by atoms with Crippen LogP contribution in [0.1, 0.15) is 43.2 Å². The van der Waals surface area contributed by atoms with Crippen molar-refractivity contribution in [2.75, 3.05) is 13.1 Å². The molecule has 0 radical (unpaired) electrons. The van der Waals surface area contributed by atoms with Crippen LogP contribution in [0.5, 0.6) is 0 Å². The number of aromatic nitrogens is 1. The number of hydrogen-bond acceptors (Lipinski definition) is 4. The van der Waals surface area contributed by atoms with E-state index in [9.17, 15) is 9.59 Å². The maximum Gasteiger partial charge on any atom is 0.222 e. The van der Waals surface area contributed by atoms with Crippen molar-refractivity contribution < 1.29 is 9.59 Å². The molecule has 0 unspecified atom stereocenters. The van der Waals surface area contributed by atoms with Gasteiger partial charge in [0, 0.05) is 37.5 Å². The molecule has 1 aliphatic carbocycles. The maximum absolute atomic E-state index is 12.1. The van der Waals surface area contributed by atoms with Crippen LogP contribution in [0.15, 0.2) is 11.6 Å². The summed E-state index contributed by atoms with van der Waals surface area (Å²) >= 11 is 1.59. The molecule has 1 saturated heterocycles. The lowest BCUT2D eigenvalue weighted by Crippen LogP contribution is -2.34. The van der Waals surface area contributed by atoms with Crippen LogP contribution in [0, 0.1) is 5.92 Å². The van der Waals surface area contributed by atoms with Gasteiger partial charge >= 0.3 is 0 Å². The highest BCUT2D eigenvalue weighted by atomic mass is 32.1. The molecule has 5 nitrogen and oxygen atoms in total. The standard InChI is InChI=1S/C14H19N3O2S/c18-11(5-8-17-7-1-2-12(17)19)16-13(10-3-4-10)14-15-6-9-20-14/h6,9-10,13H,1-5,7-8H2,(H,16,18)/t13-/m1/s1. The number of likely N-dealkylation sites (tertiary alicyclic amines) is 1. The molecule has 3 rings (SSSR count). The molecule has 2 amide bonds. The topological polar surface area (TPSA) is 62.3 Å². The van der Waals surface area contributed by atoms with Gasteiger partial charge in [0.05, 0.1) is 6.04 Å². The Labute approximate surface area is 122 Å². The number of nitrogens with one attached hydrogen (secondary N) is 1. The number of rotatable bonds is 6. The van der Waals surface area contributed by atoms with Gasteiger partial charge < -0.3 is 10.2 Å². The predicted molar refractivity (Wildman–Crippen MR) is 76.2 cm³/mol. The second-order valence-electron chi connectivity index (χ2n) is 5.49. The second kappa shape index (κ2) is 5.91. The second-order valence-corrected chi connectivity index (χ2v) is 6.41. The van der Waals surface area contributed by atoms with E-state index in [0.717, 1.165) is 30.8 Å². The highest BCUT2D eigenvalue weighted by Crippen LogP contribution is 2.41. The summed E-state index contributed by atoms with van der Waals surface area (Å²) in [7, 11) is 0. The Hall–Kier alpha value is -1.43. The molecule has 1 aromatic heterocycles. The Bertz CT molecular complexity index is 485. The largest absolute Gasteiger partial charge is 0.347 e. The van der Waals surface area contributed by atoms with Crippen molar-refractivity contribution in [2.45, 2.75) is 38.1 Å². The molecule has 2 aliphatic rings. The van der Waals surface area contributed by atoms with Crippen molar-refractivity contribution in [1.29, 1.82) is 0 Å². The summed E-state index contributed by atoms with van der Waals surface area (Å²) in [6, 6.07) is 0.0665. The van der Waals surface area contributed by atoms with Gasteiger partial charge in [0.25, 0.3) is 0 Å². The van der Waals surface area contributed by atoms with Crippen LogP contribution in [-0.2, 0) is 9.59 Å². The van der Waals surface area contributed by atoms with E-state index < -0.39 is 0 Å². The fourth-order valence-corrected chi connectivity index (χ4v) is 3.40. The zero-order chi connectivity index (χ0) is 13.9. The smallest absolute Gasteiger partial charge is 0.222 e. The van der Waals surface area contributed by atoms with E-state index in [4.69, 9.17) is 0 Å². The summed E-state index contributed by atoms with van der Waals surface area (Å²) in [5, 5.41) is 6.03. The first-order valence-electron chi connectivity index (χ1n) is 7.20. The molecule has 1 atom stereocenters. The maximum atomic E-state index is 12.1. The van der Waals surface area contributed by atoms with Crippen LogP contribution >= 0.6 is 11.3 Å². The molecule has 0 bridgehead atoms. The molecule has 1 aromatic rings. The van der Waals surface area contributed by atoms with Gasteiger partial charge in [-0.2, -0.15) is 0 Å². The number of hydrogen-bond donors (Lipinski definition) is 1. The number of carbonyl (C=O) groups is 2. The summed E-state index contributed by atoms with van der Waals surface area (Å²) in [6.07, 6.45) is 6.05. The number of nitrogens with zero attached hydrogens (tertiary/aromatic N) is 2. The van der Waals surface area contributed by atoms with E-state index in [0.29, 0.717) is 25.3 Å². The lowest BCUT2D eigenvalue weighted by atomic mass is 10.2. The Kier molecular flexibility index (Phi) is 4.00. The predicted octanol–water partition coefficient (Wildman–Crippen LogP) is 1.72. The monoisotopic (exact) mass is 293 g/mol. The molecule has 6 heteroatoms. The quantitative estimate of drug-likeness (QED) is 0.868. The zero-order valence-corrected chi connectivity index (χ0v) is 12.2. The first kappa shape index (κ1) is 13.5. The van der Waals surface area contributed by atoms with Gasteiger partial charge in [0.1, 0.15) is 5.01 Å². The SMILES string of the molecule is O=C(CCN1CCCC1=O)N[C@@H](c1nccs1)C1CC1. The molecule has 2 fully saturated rings.